The summed E-state index contributed by atoms with van der Waals surface area (Å²) in [6, 6.07) is 27.1. The zero-order valence-corrected chi connectivity index (χ0v) is 16.0. The molecule has 0 saturated carbocycles. The number of morpholine rings is 1. The van der Waals surface area contributed by atoms with E-state index in [4.69, 9.17) is 4.74 Å². The van der Waals surface area contributed by atoms with Crippen LogP contribution in [0, 0.1) is 0 Å². The van der Waals surface area contributed by atoms with Crippen LogP contribution in [-0.2, 0) is 17.8 Å². The van der Waals surface area contributed by atoms with Crippen molar-refractivity contribution in [1.82, 2.24) is 0 Å². The highest BCUT2D eigenvalue weighted by atomic mass is 16.5. The lowest BCUT2D eigenvalue weighted by Gasteiger charge is -2.40. The molecule has 2 aliphatic heterocycles. The summed E-state index contributed by atoms with van der Waals surface area (Å²) >= 11 is 0. The Balaban J connectivity index is 1.74. The number of hydrogen-bond acceptors (Lipinski definition) is 1. The van der Waals surface area contributed by atoms with Gasteiger partial charge in [-0.15, -0.1) is 0 Å². The number of ether oxygens (including phenoxy) is 1. The van der Waals surface area contributed by atoms with Gasteiger partial charge in [-0.25, -0.2) is 0 Å². The van der Waals surface area contributed by atoms with Crippen LogP contribution in [0.3, 0.4) is 0 Å². The Morgan fingerprint density at radius 3 is 1.61 bits per heavy atom. The lowest BCUT2D eigenvalue weighted by atomic mass is 9.88. The summed E-state index contributed by atoms with van der Waals surface area (Å²) in [5.41, 5.74) is 5.86. The molecule has 2 nitrogen and oxygen atoms in total. The molecule has 0 N–H and O–H groups in total. The Labute approximate surface area is 165 Å². The fourth-order valence-electron chi connectivity index (χ4n) is 5.31. The van der Waals surface area contributed by atoms with Crippen LogP contribution in [-0.4, -0.2) is 30.8 Å². The van der Waals surface area contributed by atoms with Gasteiger partial charge in [0.05, 0.1) is 13.2 Å². The van der Waals surface area contributed by atoms with Crippen LogP contribution in [0.4, 0.5) is 0 Å². The van der Waals surface area contributed by atoms with Crippen LogP contribution < -0.4 is 0 Å². The number of fused-ring (bicyclic) bond motifs is 7. The smallest absolute Gasteiger partial charge is 0.105 e. The van der Waals surface area contributed by atoms with Crippen molar-refractivity contribution in [2.75, 3.05) is 26.3 Å². The summed E-state index contributed by atoms with van der Waals surface area (Å²) < 4.78 is 6.85. The lowest BCUT2D eigenvalue weighted by Crippen LogP contribution is -2.53. The van der Waals surface area contributed by atoms with Crippen molar-refractivity contribution in [3.63, 3.8) is 0 Å². The summed E-state index contributed by atoms with van der Waals surface area (Å²) in [6.07, 6.45) is 0. The predicted molar refractivity (Wildman–Crippen MR) is 115 cm³/mol. The molecule has 2 heterocycles. The number of rotatable bonds is 0. The van der Waals surface area contributed by atoms with Gasteiger partial charge in [-0.3, -0.25) is 0 Å². The van der Waals surface area contributed by atoms with E-state index in [1.54, 1.807) is 0 Å². The molecule has 1 saturated heterocycles. The van der Waals surface area contributed by atoms with Crippen molar-refractivity contribution < 1.29 is 9.22 Å². The SMILES string of the molecule is c1ccc2c3c(ccc2c1)C[N+]1(CCOCC1)Cc1ccc2ccccc2c1-3. The van der Waals surface area contributed by atoms with Gasteiger partial charge in [0.1, 0.15) is 26.2 Å². The third-order valence-electron chi connectivity index (χ3n) is 6.71. The maximum atomic E-state index is 5.74. The first-order chi connectivity index (χ1) is 13.8. The number of quaternary nitrogens is 1. The molecule has 0 amide bonds. The third kappa shape index (κ3) is 2.42. The van der Waals surface area contributed by atoms with E-state index in [9.17, 15) is 0 Å². The van der Waals surface area contributed by atoms with Crippen LogP contribution >= 0.6 is 0 Å². The van der Waals surface area contributed by atoms with E-state index in [0.717, 1.165) is 43.9 Å². The molecule has 0 unspecified atom stereocenters. The van der Waals surface area contributed by atoms with E-state index in [0.29, 0.717) is 0 Å². The van der Waals surface area contributed by atoms with Gasteiger partial charge in [0.25, 0.3) is 0 Å². The number of nitrogens with zero attached hydrogens (tertiary/aromatic N) is 1. The van der Waals surface area contributed by atoms with Crippen LogP contribution in [0.2, 0.25) is 0 Å². The molecule has 0 bridgehead atoms. The van der Waals surface area contributed by atoms with Gasteiger partial charge in [0.2, 0.25) is 0 Å². The first-order valence-corrected chi connectivity index (χ1v) is 10.3. The summed E-state index contributed by atoms with van der Waals surface area (Å²) in [7, 11) is 0. The summed E-state index contributed by atoms with van der Waals surface area (Å²) in [6.45, 7) is 6.10. The second-order valence-corrected chi connectivity index (χ2v) is 8.36. The highest BCUT2D eigenvalue weighted by Crippen LogP contribution is 2.43. The van der Waals surface area contributed by atoms with E-state index in [2.05, 4.69) is 72.8 Å². The summed E-state index contributed by atoms with van der Waals surface area (Å²) in [4.78, 5) is 0. The molecule has 0 aliphatic carbocycles. The Morgan fingerprint density at radius 1 is 0.571 bits per heavy atom. The maximum absolute atomic E-state index is 5.74. The molecule has 28 heavy (non-hydrogen) atoms. The average molecular weight is 366 g/mol. The molecule has 2 heteroatoms. The summed E-state index contributed by atoms with van der Waals surface area (Å²) in [5.74, 6) is 0. The van der Waals surface area contributed by atoms with Crippen LogP contribution in [0.25, 0.3) is 32.7 Å². The number of hydrogen-bond donors (Lipinski definition) is 0. The highest BCUT2D eigenvalue weighted by molar-refractivity contribution is 6.07. The highest BCUT2D eigenvalue weighted by Gasteiger charge is 2.36. The van der Waals surface area contributed by atoms with Crippen LogP contribution in [0.5, 0.6) is 0 Å². The first kappa shape index (κ1) is 16.3. The topological polar surface area (TPSA) is 9.23 Å². The molecular weight excluding hydrogens is 342 g/mol. The maximum Gasteiger partial charge on any atom is 0.105 e. The van der Waals surface area contributed by atoms with Crippen LogP contribution in [0.15, 0.2) is 72.8 Å². The van der Waals surface area contributed by atoms with Crippen molar-refractivity contribution in [2.24, 2.45) is 0 Å². The Bertz CT molecular complexity index is 1110. The van der Waals surface area contributed by atoms with E-state index < -0.39 is 0 Å². The van der Waals surface area contributed by atoms with Crippen LogP contribution in [0.1, 0.15) is 11.1 Å². The molecule has 2 aliphatic rings. The molecule has 0 radical (unpaired) electrons. The first-order valence-electron chi connectivity index (χ1n) is 10.3. The summed E-state index contributed by atoms with van der Waals surface area (Å²) in [5, 5.41) is 5.42. The van der Waals surface area contributed by atoms with E-state index in [-0.39, 0.29) is 0 Å². The predicted octanol–water partition coefficient (Wildman–Crippen LogP) is 5.52. The van der Waals surface area contributed by atoms with Crippen molar-refractivity contribution in [3.8, 4) is 11.1 Å². The van der Waals surface area contributed by atoms with Gasteiger partial charge >= 0.3 is 0 Å². The molecule has 4 aromatic carbocycles. The molecule has 0 aromatic heterocycles. The largest absolute Gasteiger partial charge is 0.370 e. The quantitative estimate of drug-likeness (QED) is 0.372. The molecular formula is C26H24NO+. The van der Waals surface area contributed by atoms with Gasteiger partial charge in [-0.05, 0) is 32.7 Å². The molecule has 1 spiro atoms. The second kappa shape index (κ2) is 6.16. The Kier molecular flexibility index (Phi) is 3.59. The minimum Gasteiger partial charge on any atom is -0.370 e. The molecule has 6 rings (SSSR count). The fourth-order valence-corrected chi connectivity index (χ4v) is 5.31. The zero-order valence-electron chi connectivity index (χ0n) is 16.0. The minimum absolute atomic E-state index is 0.867. The van der Waals surface area contributed by atoms with Gasteiger partial charge in [-0.1, -0.05) is 72.8 Å². The van der Waals surface area contributed by atoms with Crippen molar-refractivity contribution in [1.29, 1.82) is 0 Å². The molecule has 4 aromatic rings. The third-order valence-corrected chi connectivity index (χ3v) is 6.71. The van der Waals surface area contributed by atoms with Gasteiger partial charge in [-0.2, -0.15) is 0 Å². The molecule has 138 valence electrons. The van der Waals surface area contributed by atoms with Crippen molar-refractivity contribution in [2.45, 2.75) is 13.1 Å². The number of benzene rings is 4. The van der Waals surface area contributed by atoms with Gasteiger partial charge < -0.3 is 9.22 Å². The molecule has 0 atom stereocenters. The van der Waals surface area contributed by atoms with E-state index in [1.807, 2.05) is 0 Å². The standard InChI is InChI=1S/C26H24NO/c1-3-7-23-19(5-1)9-11-21-17-27(13-15-28-16-14-27)18-22-12-10-20-6-2-4-8-24(20)26(22)25(21)23/h1-12H,13-18H2/q+1. The lowest BCUT2D eigenvalue weighted by molar-refractivity contribution is -0.959. The Morgan fingerprint density at radius 2 is 1.07 bits per heavy atom. The second-order valence-electron chi connectivity index (χ2n) is 8.36. The fraction of sp³-hybridized carbons (Fsp3) is 0.231. The van der Waals surface area contributed by atoms with Gasteiger partial charge in [0, 0.05) is 11.1 Å². The van der Waals surface area contributed by atoms with Gasteiger partial charge in [0.15, 0.2) is 0 Å². The zero-order chi connectivity index (χ0) is 18.6. The monoisotopic (exact) mass is 366 g/mol. The van der Waals surface area contributed by atoms with E-state index >= 15 is 0 Å². The van der Waals surface area contributed by atoms with E-state index in [1.165, 1.54) is 43.8 Å². The minimum atomic E-state index is 0.867. The Hall–Kier alpha value is -2.68. The average Bonchev–Trinajstić information content (AvgIpc) is 2.88. The van der Waals surface area contributed by atoms with Crippen molar-refractivity contribution >= 4 is 21.5 Å². The normalized spacial score (nSPS) is 18.0. The molecule has 1 fully saturated rings. The van der Waals surface area contributed by atoms with Crippen molar-refractivity contribution in [3.05, 3.63) is 83.9 Å².